The Morgan fingerprint density at radius 2 is 2.09 bits per heavy atom. The quantitative estimate of drug-likeness (QED) is 0.640. The number of aryl methyl sites for hydroxylation is 2. The topological polar surface area (TPSA) is 49.2 Å². The molecule has 32 heavy (non-hydrogen) atoms. The summed E-state index contributed by atoms with van der Waals surface area (Å²) >= 11 is 1.85. The Balaban J connectivity index is 1.20. The van der Waals surface area contributed by atoms with Crippen LogP contribution in [0.25, 0.3) is 10.2 Å². The average Bonchev–Trinajstić information content (AvgIpc) is 3.52. The summed E-state index contributed by atoms with van der Waals surface area (Å²) in [4.78, 5) is 12.7. The fourth-order valence-corrected chi connectivity index (χ4v) is 7.33. The average molecular weight is 451 g/mol. The molecule has 3 aliphatic heterocycles. The molecule has 170 valence electrons. The molecule has 0 amide bonds. The number of fused-ring (bicyclic) bond motifs is 1. The highest BCUT2D eigenvalue weighted by atomic mass is 32.1. The van der Waals surface area contributed by atoms with Crippen LogP contribution in [0, 0.1) is 11.3 Å². The molecule has 1 atom stereocenters. The van der Waals surface area contributed by atoms with Gasteiger partial charge in [0, 0.05) is 78.6 Å². The number of anilines is 1. The molecule has 0 radical (unpaired) electrons. The van der Waals surface area contributed by atoms with Gasteiger partial charge in [-0.05, 0) is 56.8 Å². The lowest BCUT2D eigenvalue weighted by molar-refractivity contribution is -0.0412. The van der Waals surface area contributed by atoms with Crippen molar-refractivity contribution in [2.24, 2.45) is 18.4 Å². The second-order valence-electron chi connectivity index (χ2n) is 10.2. The lowest BCUT2D eigenvalue weighted by Crippen LogP contribution is -2.59. The number of likely N-dealkylation sites (tertiary alicyclic amines) is 1. The highest BCUT2D eigenvalue weighted by Crippen LogP contribution is 2.48. The molecule has 6 heterocycles. The number of nitrogens with one attached hydrogen (secondary N) is 1. The van der Waals surface area contributed by atoms with Gasteiger partial charge in [-0.25, -0.2) is 4.98 Å². The number of hydrogen-bond acceptors (Lipinski definition) is 6. The minimum atomic E-state index is 0.437. The van der Waals surface area contributed by atoms with Gasteiger partial charge in [0.2, 0.25) is 0 Å². The summed E-state index contributed by atoms with van der Waals surface area (Å²) in [5, 5.41) is 9.41. The molecule has 3 aliphatic rings. The van der Waals surface area contributed by atoms with Crippen molar-refractivity contribution in [3.63, 3.8) is 0 Å². The van der Waals surface area contributed by atoms with E-state index in [0.717, 1.165) is 32.0 Å². The minimum Gasteiger partial charge on any atom is -0.370 e. The van der Waals surface area contributed by atoms with E-state index in [1.807, 2.05) is 29.3 Å². The Hall–Kier alpha value is -1.96. The Bertz CT molecular complexity index is 1090. The normalized spacial score (nSPS) is 22.6. The molecule has 3 saturated heterocycles. The highest BCUT2D eigenvalue weighted by Gasteiger charge is 2.51. The first kappa shape index (κ1) is 20.6. The number of aromatic nitrogens is 3. The van der Waals surface area contributed by atoms with E-state index < -0.39 is 0 Å². The summed E-state index contributed by atoms with van der Waals surface area (Å²) in [5.41, 5.74) is 3.24. The molecular formula is C25H34N6S. The van der Waals surface area contributed by atoms with Crippen LogP contribution in [0.5, 0.6) is 0 Å². The van der Waals surface area contributed by atoms with Crippen molar-refractivity contribution >= 4 is 27.2 Å². The molecule has 1 N–H and O–H groups in total. The number of hydrogen-bond donors (Lipinski definition) is 1. The van der Waals surface area contributed by atoms with E-state index in [9.17, 15) is 0 Å². The van der Waals surface area contributed by atoms with E-state index >= 15 is 0 Å². The largest absolute Gasteiger partial charge is 0.370 e. The number of piperidine rings is 1. The molecule has 0 saturated carbocycles. The van der Waals surface area contributed by atoms with Crippen LogP contribution < -0.4 is 10.2 Å². The van der Waals surface area contributed by atoms with Crippen molar-refractivity contribution < 1.29 is 0 Å². The van der Waals surface area contributed by atoms with E-state index in [0.29, 0.717) is 11.5 Å². The molecule has 3 aromatic heterocycles. The van der Waals surface area contributed by atoms with Crippen LogP contribution in [0.4, 0.5) is 5.69 Å². The minimum absolute atomic E-state index is 0.437. The molecular weight excluding hydrogens is 416 g/mol. The van der Waals surface area contributed by atoms with Gasteiger partial charge in [-0.3, -0.25) is 9.58 Å². The van der Waals surface area contributed by atoms with Crippen LogP contribution in [0.2, 0.25) is 0 Å². The molecule has 3 fully saturated rings. The zero-order valence-corrected chi connectivity index (χ0v) is 20.1. The van der Waals surface area contributed by atoms with Crippen LogP contribution in [0.1, 0.15) is 42.7 Å². The SMILES string of the molecule is CCc1cc2c(N3CCC4(C3)CN(C(c3cnn(C)c3)C3CCNCC3)C4)ccnc2s1. The van der Waals surface area contributed by atoms with Crippen molar-refractivity contribution in [1.82, 2.24) is 25.0 Å². The summed E-state index contributed by atoms with van der Waals surface area (Å²) in [6, 6.07) is 5.12. The lowest BCUT2D eigenvalue weighted by atomic mass is 9.75. The van der Waals surface area contributed by atoms with Crippen molar-refractivity contribution in [2.45, 2.75) is 38.6 Å². The van der Waals surface area contributed by atoms with E-state index in [4.69, 9.17) is 0 Å². The molecule has 3 aromatic rings. The van der Waals surface area contributed by atoms with Crippen molar-refractivity contribution in [3.05, 3.63) is 41.2 Å². The van der Waals surface area contributed by atoms with Crippen LogP contribution in [-0.2, 0) is 13.5 Å². The first-order chi connectivity index (χ1) is 15.6. The van der Waals surface area contributed by atoms with Crippen molar-refractivity contribution in [1.29, 1.82) is 0 Å². The van der Waals surface area contributed by atoms with Gasteiger partial charge in [-0.15, -0.1) is 11.3 Å². The molecule has 1 unspecified atom stereocenters. The third kappa shape index (κ3) is 3.55. The Kier molecular flexibility index (Phi) is 5.23. The van der Waals surface area contributed by atoms with Gasteiger partial charge in [-0.2, -0.15) is 5.10 Å². The molecule has 0 aliphatic carbocycles. The number of thiophene rings is 1. The molecule has 6 rings (SSSR count). The van der Waals surface area contributed by atoms with Crippen LogP contribution >= 0.6 is 11.3 Å². The van der Waals surface area contributed by atoms with Crippen molar-refractivity contribution in [3.8, 4) is 0 Å². The first-order valence-corrected chi connectivity index (χ1v) is 13.0. The zero-order chi connectivity index (χ0) is 21.7. The van der Waals surface area contributed by atoms with Gasteiger partial charge in [0.05, 0.1) is 6.20 Å². The van der Waals surface area contributed by atoms with E-state index in [2.05, 4.69) is 56.6 Å². The molecule has 0 bridgehead atoms. The highest BCUT2D eigenvalue weighted by molar-refractivity contribution is 7.18. The predicted octanol–water partition coefficient (Wildman–Crippen LogP) is 3.85. The summed E-state index contributed by atoms with van der Waals surface area (Å²) in [6.45, 7) is 9.29. The first-order valence-electron chi connectivity index (χ1n) is 12.2. The maximum absolute atomic E-state index is 4.65. The summed E-state index contributed by atoms with van der Waals surface area (Å²) < 4.78 is 1.97. The van der Waals surface area contributed by atoms with E-state index in [1.165, 1.54) is 65.2 Å². The van der Waals surface area contributed by atoms with Gasteiger partial charge in [0.15, 0.2) is 0 Å². The zero-order valence-electron chi connectivity index (χ0n) is 19.3. The third-order valence-corrected chi connectivity index (χ3v) is 9.15. The lowest BCUT2D eigenvalue weighted by Gasteiger charge is -2.53. The van der Waals surface area contributed by atoms with Crippen LogP contribution in [0.3, 0.4) is 0 Å². The summed E-state index contributed by atoms with van der Waals surface area (Å²) in [6.07, 6.45) is 11.3. The van der Waals surface area contributed by atoms with E-state index in [1.54, 1.807) is 0 Å². The smallest absolute Gasteiger partial charge is 0.125 e. The molecule has 7 heteroatoms. The fourth-order valence-electron chi connectivity index (χ4n) is 6.37. The summed E-state index contributed by atoms with van der Waals surface area (Å²) in [5.74, 6) is 0.730. The second-order valence-corrected chi connectivity index (χ2v) is 11.3. The number of nitrogens with zero attached hydrogens (tertiary/aromatic N) is 5. The third-order valence-electron chi connectivity index (χ3n) is 7.96. The van der Waals surface area contributed by atoms with Gasteiger partial charge in [0.25, 0.3) is 0 Å². The molecule has 1 spiro atoms. The number of pyridine rings is 1. The Morgan fingerprint density at radius 3 is 2.84 bits per heavy atom. The predicted molar refractivity (Wildman–Crippen MR) is 131 cm³/mol. The van der Waals surface area contributed by atoms with Crippen LogP contribution in [-0.4, -0.2) is 58.9 Å². The second kappa shape index (κ2) is 8.12. The number of rotatable bonds is 5. The maximum Gasteiger partial charge on any atom is 0.125 e. The summed E-state index contributed by atoms with van der Waals surface area (Å²) in [7, 11) is 2.04. The van der Waals surface area contributed by atoms with Gasteiger partial charge < -0.3 is 10.2 Å². The van der Waals surface area contributed by atoms with Gasteiger partial charge in [-0.1, -0.05) is 6.92 Å². The Labute approximate surface area is 194 Å². The fraction of sp³-hybridized carbons (Fsp3) is 0.600. The van der Waals surface area contributed by atoms with Gasteiger partial charge >= 0.3 is 0 Å². The monoisotopic (exact) mass is 450 g/mol. The van der Waals surface area contributed by atoms with Crippen LogP contribution in [0.15, 0.2) is 30.7 Å². The Morgan fingerprint density at radius 1 is 1.25 bits per heavy atom. The maximum atomic E-state index is 4.65. The van der Waals surface area contributed by atoms with E-state index in [-0.39, 0.29) is 0 Å². The van der Waals surface area contributed by atoms with Gasteiger partial charge in [0.1, 0.15) is 4.83 Å². The molecule has 0 aromatic carbocycles. The standard InChI is InChI=1S/C25H34N6S/c1-3-20-12-21-22(6-10-27-24(21)32-20)30-11-7-25(15-30)16-31(17-25)23(18-4-8-26-9-5-18)19-13-28-29(2)14-19/h6,10,12-14,18,23,26H,3-5,7-9,11,15-17H2,1-2H3. The molecule has 6 nitrogen and oxygen atoms in total. The van der Waals surface area contributed by atoms with Crippen molar-refractivity contribution in [2.75, 3.05) is 44.2 Å².